The predicted octanol–water partition coefficient (Wildman–Crippen LogP) is -0.162. The quantitative estimate of drug-likeness (QED) is 0.714. The number of likely N-dealkylation sites (tertiary alicyclic amines) is 1. The summed E-state index contributed by atoms with van der Waals surface area (Å²) in [5.74, 6) is -0.162. The average molecular weight is 228 g/mol. The fourth-order valence-corrected chi connectivity index (χ4v) is 1.65. The molecule has 1 fully saturated rings. The van der Waals surface area contributed by atoms with Gasteiger partial charge in [-0.1, -0.05) is 0 Å². The molecule has 0 aromatic heterocycles. The number of amides is 2. The maximum Gasteiger partial charge on any atom is 0.242 e. The Kier molecular flexibility index (Phi) is 3.91. The first-order chi connectivity index (χ1) is 7.32. The van der Waals surface area contributed by atoms with E-state index in [1.165, 1.54) is 11.8 Å². The fourth-order valence-electron chi connectivity index (χ4n) is 1.65. The molecule has 0 atom stereocenters. The Morgan fingerprint density at radius 2 is 1.88 bits per heavy atom. The smallest absolute Gasteiger partial charge is 0.242 e. The summed E-state index contributed by atoms with van der Waals surface area (Å²) in [6.45, 7) is 4.48. The van der Waals surface area contributed by atoms with E-state index in [-0.39, 0.29) is 18.4 Å². The fraction of sp³-hybridized carbons (Fsp3) is 0.818. The van der Waals surface area contributed by atoms with E-state index in [2.05, 4.69) is 0 Å². The van der Waals surface area contributed by atoms with Crippen LogP contribution in [0, 0.1) is 0 Å². The molecule has 1 saturated heterocycles. The minimum Gasteiger partial charge on any atom is -0.390 e. The van der Waals surface area contributed by atoms with Crippen LogP contribution in [0.25, 0.3) is 0 Å². The van der Waals surface area contributed by atoms with Gasteiger partial charge in [-0.2, -0.15) is 0 Å². The van der Waals surface area contributed by atoms with Gasteiger partial charge >= 0.3 is 0 Å². The van der Waals surface area contributed by atoms with E-state index in [4.69, 9.17) is 0 Å². The van der Waals surface area contributed by atoms with Crippen molar-refractivity contribution in [3.63, 3.8) is 0 Å². The summed E-state index contributed by atoms with van der Waals surface area (Å²) in [4.78, 5) is 25.9. The molecule has 16 heavy (non-hydrogen) atoms. The second kappa shape index (κ2) is 4.82. The summed E-state index contributed by atoms with van der Waals surface area (Å²) in [5.41, 5.74) is -0.650. The van der Waals surface area contributed by atoms with Crippen molar-refractivity contribution < 1.29 is 14.7 Å². The number of likely N-dealkylation sites (N-methyl/N-ethyl adjacent to an activating group) is 1. The number of piperidine rings is 1. The number of carbonyl (C=O) groups is 2. The van der Waals surface area contributed by atoms with Crippen LogP contribution in [0.4, 0.5) is 0 Å². The first kappa shape index (κ1) is 13.0. The van der Waals surface area contributed by atoms with E-state index >= 15 is 0 Å². The number of hydrogen-bond donors (Lipinski definition) is 1. The first-order valence-corrected chi connectivity index (χ1v) is 5.54. The largest absolute Gasteiger partial charge is 0.390 e. The van der Waals surface area contributed by atoms with Gasteiger partial charge in [-0.05, 0) is 19.8 Å². The molecule has 0 bridgehead atoms. The van der Waals surface area contributed by atoms with E-state index in [1.807, 2.05) is 0 Å². The number of rotatable bonds is 2. The summed E-state index contributed by atoms with van der Waals surface area (Å²) >= 11 is 0. The zero-order valence-corrected chi connectivity index (χ0v) is 10.2. The van der Waals surface area contributed by atoms with Crippen LogP contribution < -0.4 is 0 Å². The van der Waals surface area contributed by atoms with E-state index < -0.39 is 5.60 Å². The molecule has 1 N–H and O–H groups in total. The van der Waals surface area contributed by atoms with Crippen LogP contribution in [-0.4, -0.2) is 59.0 Å². The maximum absolute atomic E-state index is 11.8. The van der Waals surface area contributed by atoms with Gasteiger partial charge in [0.25, 0.3) is 0 Å². The Labute approximate surface area is 96.0 Å². The van der Waals surface area contributed by atoms with Crippen molar-refractivity contribution in [1.82, 2.24) is 9.80 Å². The van der Waals surface area contributed by atoms with Gasteiger partial charge in [0, 0.05) is 27.1 Å². The maximum atomic E-state index is 11.8. The van der Waals surface area contributed by atoms with Crippen LogP contribution in [0.5, 0.6) is 0 Å². The molecule has 1 rings (SSSR count). The van der Waals surface area contributed by atoms with Crippen molar-refractivity contribution in [2.45, 2.75) is 32.3 Å². The highest BCUT2D eigenvalue weighted by molar-refractivity contribution is 5.83. The highest BCUT2D eigenvalue weighted by Gasteiger charge is 2.29. The third-order valence-electron chi connectivity index (χ3n) is 3.10. The van der Waals surface area contributed by atoms with Crippen LogP contribution in [0.3, 0.4) is 0 Å². The molecule has 1 aliphatic heterocycles. The topological polar surface area (TPSA) is 60.9 Å². The summed E-state index contributed by atoms with van der Waals surface area (Å²) in [5, 5.41) is 9.74. The zero-order valence-electron chi connectivity index (χ0n) is 10.2. The molecule has 0 unspecified atom stereocenters. The van der Waals surface area contributed by atoms with Crippen LogP contribution in [0.2, 0.25) is 0 Å². The van der Waals surface area contributed by atoms with Crippen molar-refractivity contribution in [1.29, 1.82) is 0 Å². The van der Waals surface area contributed by atoms with Gasteiger partial charge in [0.15, 0.2) is 0 Å². The molecule has 0 aliphatic carbocycles. The van der Waals surface area contributed by atoms with Crippen LogP contribution in [-0.2, 0) is 9.59 Å². The van der Waals surface area contributed by atoms with Crippen molar-refractivity contribution in [2.75, 3.05) is 26.7 Å². The zero-order chi connectivity index (χ0) is 12.3. The molecule has 2 amide bonds. The van der Waals surface area contributed by atoms with Crippen LogP contribution >= 0.6 is 0 Å². The van der Waals surface area contributed by atoms with Crippen molar-refractivity contribution in [3.8, 4) is 0 Å². The Balaban J connectivity index is 2.42. The first-order valence-electron chi connectivity index (χ1n) is 5.54. The minimum atomic E-state index is -0.650. The molecular formula is C11H20N2O3. The summed E-state index contributed by atoms with van der Waals surface area (Å²) < 4.78 is 0. The minimum absolute atomic E-state index is 0.0480. The van der Waals surface area contributed by atoms with Gasteiger partial charge < -0.3 is 14.9 Å². The Morgan fingerprint density at radius 1 is 1.38 bits per heavy atom. The molecule has 1 heterocycles. The number of nitrogens with zero attached hydrogens (tertiary/aromatic N) is 2. The Hall–Kier alpha value is -1.10. The lowest BCUT2D eigenvalue weighted by Gasteiger charge is -2.36. The second-order valence-corrected chi connectivity index (χ2v) is 4.75. The standard InChI is InChI=1S/C11H20N2O3/c1-9(14)12(3)8-10(15)13-6-4-11(2,16)5-7-13/h16H,4-8H2,1-3H3. The molecule has 0 spiro atoms. The second-order valence-electron chi connectivity index (χ2n) is 4.75. The predicted molar refractivity (Wildman–Crippen MR) is 59.7 cm³/mol. The van der Waals surface area contributed by atoms with Crippen LogP contribution in [0.15, 0.2) is 0 Å². The van der Waals surface area contributed by atoms with E-state index in [1.54, 1.807) is 18.9 Å². The van der Waals surface area contributed by atoms with E-state index in [9.17, 15) is 14.7 Å². The van der Waals surface area contributed by atoms with Gasteiger partial charge in [-0.15, -0.1) is 0 Å². The normalized spacial score (nSPS) is 19.4. The van der Waals surface area contributed by atoms with Gasteiger partial charge in [0.05, 0.1) is 12.1 Å². The molecule has 5 heteroatoms. The molecule has 0 aromatic rings. The summed E-state index contributed by atoms with van der Waals surface area (Å²) in [7, 11) is 1.61. The van der Waals surface area contributed by atoms with Gasteiger partial charge in [0.2, 0.25) is 11.8 Å². The highest BCUT2D eigenvalue weighted by atomic mass is 16.3. The van der Waals surface area contributed by atoms with Crippen molar-refractivity contribution in [2.24, 2.45) is 0 Å². The van der Waals surface area contributed by atoms with Gasteiger partial charge in [0.1, 0.15) is 0 Å². The molecule has 0 aromatic carbocycles. The number of aliphatic hydroxyl groups is 1. The molecule has 5 nitrogen and oxygen atoms in total. The van der Waals surface area contributed by atoms with Crippen molar-refractivity contribution in [3.05, 3.63) is 0 Å². The number of carbonyl (C=O) groups excluding carboxylic acids is 2. The molecule has 92 valence electrons. The van der Waals surface area contributed by atoms with Crippen LogP contribution in [0.1, 0.15) is 26.7 Å². The monoisotopic (exact) mass is 228 g/mol. The molecule has 0 saturated carbocycles. The summed E-state index contributed by atoms with van der Waals surface area (Å²) in [6.07, 6.45) is 1.20. The molecule has 1 aliphatic rings. The highest BCUT2D eigenvalue weighted by Crippen LogP contribution is 2.20. The lowest BCUT2D eigenvalue weighted by molar-refractivity contribution is -0.140. The summed E-state index contributed by atoms with van der Waals surface area (Å²) in [6, 6.07) is 0. The third kappa shape index (κ3) is 3.48. The Morgan fingerprint density at radius 3 is 2.31 bits per heavy atom. The average Bonchev–Trinajstić information content (AvgIpc) is 2.17. The molecule has 0 radical (unpaired) electrons. The number of hydrogen-bond acceptors (Lipinski definition) is 3. The van der Waals surface area contributed by atoms with Gasteiger partial charge in [-0.3, -0.25) is 9.59 Å². The van der Waals surface area contributed by atoms with Gasteiger partial charge in [-0.25, -0.2) is 0 Å². The van der Waals surface area contributed by atoms with Crippen molar-refractivity contribution >= 4 is 11.8 Å². The lowest BCUT2D eigenvalue weighted by atomic mass is 9.94. The SMILES string of the molecule is CC(=O)N(C)CC(=O)N1CCC(C)(O)CC1. The lowest BCUT2D eigenvalue weighted by Crippen LogP contribution is -2.48. The third-order valence-corrected chi connectivity index (χ3v) is 3.10. The van der Waals surface area contributed by atoms with E-state index in [0.717, 1.165) is 0 Å². The van der Waals surface area contributed by atoms with E-state index in [0.29, 0.717) is 25.9 Å². The Bertz CT molecular complexity index is 279. The molecular weight excluding hydrogens is 208 g/mol.